The number of carbonyl (C=O) groups is 1. The van der Waals surface area contributed by atoms with E-state index in [1.807, 2.05) is 6.92 Å². The average molecular weight is 379 g/mol. The molecular formula is C20H34N4O3. The van der Waals surface area contributed by atoms with Crippen molar-refractivity contribution in [2.45, 2.75) is 51.7 Å². The molecule has 7 heteroatoms. The Morgan fingerprint density at radius 2 is 2.11 bits per heavy atom. The third-order valence-electron chi connectivity index (χ3n) is 5.26. The summed E-state index contributed by atoms with van der Waals surface area (Å²) < 4.78 is 5.18. The van der Waals surface area contributed by atoms with Gasteiger partial charge in [-0.25, -0.2) is 4.99 Å². The van der Waals surface area contributed by atoms with Gasteiger partial charge in [0.15, 0.2) is 5.96 Å². The topological polar surface area (TPSA) is 91.4 Å². The number of hydrogen-bond donors (Lipinski definition) is 2. The predicted octanol–water partition coefficient (Wildman–Crippen LogP) is 0.671. The summed E-state index contributed by atoms with van der Waals surface area (Å²) in [7, 11) is 0. The molecule has 2 rings (SSSR count). The standard InChI is InChI=1S/C20H34N4O3/c1-5-10-27-14-17(25)13-23-8-6-16(7-9-23)12-24-18(26)20(4,11-15(2)3)22-19(24)21/h1,15-17,25H,6-14H2,2-4H3,(H2,21,22). The summed E-state index contributed by atoms with van der Waals surface area (Å²) >= 11 is 0. The second-order valence-electron chi connectivity index (χ2n) is 8.37. The van der Waals surface area contributed by atoms with Crippen LogP contribution in [0.4, 0.5) is 0 Å². The van der Waals surface area contributed by atoms with Crippen LogP contribution in [-0.2, 0) is 9.53 Å². The van der Waals surface area contributed by atoms with Crippen molar-refractivity contribution < 1.29 is 14.6 Å². The summed E-state index contributed by atoms with van der Waals surface area (Å²) in [6.07, 6.45) is 7.24. The zero-order valence-electron chi connectivity index (χ0n) is 16.9. The van der Waals surface area contributed by atoms with Gasteiger partial charge in [-0.1, -0.05) is 19.8 Å². The number of aliphatic imine (C=N–C) groups is 1. The van der Waals surface area contributed by atoms with E-state index in [0.29, 0.717) is 37.3 Å². The predicted molar refractivity (Wildman–Crippen MR) is 106 cm³/mol. The lowest BCUT2D eigenvalue weighted by atomic mass is 9.90. The molecule has 2 aliphatic rings. The van der Waals surface area contributed by atoms with Crippen molar-refractivity contribution in [3.05, 3.63) is 0 Å². The Morgan fingerprint density at radius 3 is 2.70 bits per heavy atom. The number of rotatable bonds is 9. The first-order chi connectivity index (χ1) is 12.7. The lowest BCUT2D eigenvalue weighted by molar-refractivity contribution is -0.131. The van der Waals surface area contributed by atoms with Crippen LogP contribution in [0.3, 0.4) is 0 Å². The molecule has 0 aromatic heterocycles. The van der Waals surface area contributed by atoms with Crippen LogP contribution in [0, 0.1) is 24.2 Å². The highest BCUT2D eigenvalue weighted by Gasteiger charge is 2.44. The number of nitrogens with zero attached hydrogens (tertiary/aromatic N) is 3. The van der Waals surface area contributed by atoms with Gasteiger partial charge in [0.05, 0.1) is 12.7 Å². The van der Waals surface area contributed by atoms with Gasteiger partial charge in [0.1, 0.15) is 12.1 Å². The van der Waals surface area contributed by atoms with E-state index in [4.69, 9.17) is 16.9 Å². The van der Waals surface area contributed by atoms with Gasteiger partial charge in [-0.3, -0.25) is 9.69 Å². The monoisotopic (exact) mass is 378 g/mol. The van der Waals surface area contributed by atoms with Crippen LogP contribution < -0.4 is 5.73 Å². The first-order valence-electron chi connectivity index (χ1n) is 9.84. The van der Waals surface area contributed by atoms with Gasteiger partial charge < -0.3 is 20.5 Å². The number of aliphatic hydroxyl groups excluding tert-OH is 1. The maximum atomic E-state index is 12.8. The highest BCUT2D eigenvalue weighted by molar-refractivity contribution is 6.06. The molecule has 0 bridgehead atoms. The van der Waals surface area contributed by atoms with Crippen molar-refractivity contribution in [1.82, 2.24) is 9.80 Å². The number of guanidine groups is 1. The van der Waals surface area contributed by atoms with E-state index in [9.17, 15) is 9.90 Å². The van der Waals surface area contributed by atoms with Gasteiger partial charge in [-0.15, -0.1) is 6.42 Å². The van der Waals surface area contributed by atoms with Crippen LogP contribution in [0.15, 0.2) is 4.99 Å². The van der Waals surface area contributed by atoms with E-state index in [0.717, 1.165) is 25.9 Å². The van der Waals surface area contributed by atoms with Crippen LogP contribution >= 0.6 is 0 Å². The molecule has 7 nitrogen and oxygen atoms in total. The number of nitrogens with two attached hydrogens (primary N) is 1. The van der Waals surface area contributed by atoms with Gasteiger partial charge in [-0.05, 0) is 51.1 Å². The molecule has 2 aliphatic heterocycles. The molecule has 1 fully saturated rings. The molecule has 1 saturated heterocycles. The van der Waals surface area contributed by atoms with Gasteiger partial charge in [0.2, 0.25) is 0 Å². The van der Waals surface area contributed by atoms with Gasteiger partial charge in [0, 0.05) is 13.1 Å². The molecule has 0 saturated carbocycles. The second kappa shape index (κ2) is 9.54. The lowest BCUT2D eigenvalue weighted by Crippen LogP contribution is -2.48. The van der Waals surface area contributed by atoms with Crippen LogP contribution in [-0.4, -0.2) is 77.8 Å². The second-order valence-corrected chi connectivity index (χ2v) is 8.37. The van der Waals surface area contributed by atoms with Gasteiger partial charge >= 0.3 is 0 Å². The summed E-state index contributed by atoms with van der Waals surface area (Å²) in [5.74, 6) is 3.55. The number of terminal acetylenes is 1. The van der Waals surface area contributed by atoms with E-state index in [-0.39, 0.29) is 19.1 Å². The molecule has 0 aliphatic carbocycles. The van der Waals surface area contributed by atoms with Crippen molar-refractivity contribution in [2.24, 2.45) is 22.6 Å². The smallest absolute Gasteiger partial charge is 0.257 e. The van der Waals surface area contributed by atoms with E-state index in [1.54, 1.807) is 4.90 Å². The molecule has 0 aromatic rings. The summed E-state index contributed by atoms with van der Waals surface area (Å²) in [6, 6.07) is 0. The van der Waals surface area contributed by atoms with E-state index in [1.165, 1.54) is 0 Å². The minimum Gasteiger partial charge on any atom is -0.389 e. The zero-order chi connectivity index (χ0) is 20.0. The van der Waals surface area contributed by atoms with Crippen LogP contribution in [0.25, 0.3) is 0 Å². The third kappa shape index (κ3) is 5.93. The molecule has 2 atom stereocenters. The van der Waals surface area contributed by atoms with E-state index >= 15 is 0 Å². The van der Waals surface area contributed by atoms with E-state index < -0.39 is 11.6 Å². The van der Waals surface area contributed by atoms with Crippen LogP contribution in [0.5, 0.6) is 0 Å². The van der Waals surface area contributed by atoms with Crippen LogP contribution in [0.2, 0.25) is 0 Å². The molecule has 0 radical (unpaired) electrons. The van der Waals surface area contributed by atoms with Crippen molar-refractivity contribution in [2.75, 3.05) is 39.4 Å². The van der Waals surface area contributed by atoms with Crippen molar-refractivity contribution >= 4 is 11.9 Å². The Bertz CT molecular complexity index is 578. The summed E-state index contributed by atoms with van der Waals surface area (Å²) in [5.41, 5.74) is 5.35. The fraction of sp³-hybridized carbons (Fsp3) is 0.800. The summed E-state index contributed by atoms with van der Waals surface area (Å²) in [6.45, 7) is 9.53. The molecule has 0 spiro atoms. The fourth-order valence-corrected chi connectivity index (χ4v) is 4.07. The molecule has 27 heavy (non-hydrogen) atoms. The van der Waals surface area contributed by atoms with Crippen molar-refractivity contribution in [1.29, 1.82) is 0 Å². The van der Waals surface area contributed by atoms with Gasteiger partial charge in [0.25, 0.3) is 5.91 Å². The average Bonchev–Trinajstić information content (AvgIpc) is 2.79. The highest BCUT2D eigenvalue weighted by atomic mass is 16.5. The number of β-amino-alcohol motifs (C(OH)–C–C–N with tert-alkyl or cyclic N) is 1. The SMILES string of the molecule is C#CCOCC(O)CN1CCC(CN2C(=O)C(C)(CC(C)C)N=C2N)CC1. The summed E-state index contributed by atoms with van der Waals surface area (Å²) in [4.78, 5) is 21.2. The first kappa shape index (κ1) is 21.7. The highest BCUT2D eigenvalue weighted by Crippen LogP contribution is 2.30. The minimum atomic E-state index is -0.721. The van der Waals surface area contributed by atoms with Crippen molar-refractivity contribution in [3.8, 4) is 12.3 Å². The Labute approximate surface area is 162 Å². The molecule has 1 amide bonds. The number of aliphatic hydroxyl groups is 1. The normalized spacial score (nSPS) is 25.7. The summed E-state index contributed by atoms with van der Waals surface area (Å²) in [5, 5.41) is 10.0. The maximum Gasteiger partial charge on any atom is 0.257 e. The molecule has 152 valence electrons. The first-order valence-corrected chi connectivity index (χ1v) is 9.84. The number of piperidine rings is 1. The molecule has 0 aromatic carbocycles. The Balaban J connectivity index is 1.78. The zero-order valence-corrected chi connectivity index (χ0v) is 16.9. The molecular weight excluding hydrogens is 344 g/mol. The number of hydrogen-bond acceptors (Lipinski definition) is 6. The molecule has 2 heterocycles. The van der Waals surface area contributed by atoms with E-state index in [2.05, 4.69) is 29.7 Å². The molecule has 2 unspecified atom stereocenters. The maximum absolute atomic E-state index is 12.8. The fourth-order valence-electron chi connectivity index (χ4n) is 4.07. The number of ether oxygens (including phenoxy) is 1. The lowest BCUT2D eigenvalue weighted by Gasteiger charge is -2.35. The number of amides is 1. The number of likely N-dealkylation sites (tertiary alicyclic amines) is 1. The Hall–Kier alpha value is -1.62. The Morgan fingerprint density at radius 1 is 1.44 bits per heavy atom. The minimum absolute atomic E-state index is 0.0252. The van der Waals surface area contributed by atoms with Gasteiger partial charge in [-0.2, -0.15) is 0 Å². The largest absolute Gasteiger partial charge is 0.389 e. The van der Waals surface area contributed by atoms with Crippen LogP contribution in [0.1, 0.15) is 40.0 Å². The Kier molecular flexibility index (Phi) is 7.66. The third-order valence-corrected chi connectivity index (χ3v) is 5.26. The quantitative estimate of drug-likeness (QED) is 0.455. The van der Waals surface area contributed by atoms with Crippen molar-refractivity contribution in [3.63, 3.8) is 0 Å². The molecule has 3 N–H and O–H groups in total. The number of carbonyl (C=O) groups excluding carboxylic acids is 1.